The second-order valence-electron chi connectivity index (χ2n) is 5.08. The molecule has 2 N–H and O–H groups in total. The number of carbonyl (C=O) groups excluding carboxylic acids is 1. The minimum atomic E-state index is -0.874. The van der Waals surface area contributed by atoms with Crippen molar-refractivity contribution in [2.75, 3.05) is 18.2 Å². The monoisotopic (exact) mass is 260 g/mol. The van der Waals surface area contributed by atoms with Crippen LogP contribution in [0.2, 0.25) is 0 Å². The third-order valence-electron chi connectivity index (χ3n) is 2.64. The maximum absolute atomic E-state index is 12.3. The highest BCUT2D eigenvalue weighted by Crippen LogP contribution is 2.19. The van der Waals surface area contributed by atoms with Gasteiger partial charge in [0.2, 0.25) is 5.91 Å². The number of nitrogens with zero attached hydrogens (tertiary/aromatic N) is 1. The summed E-state index contributed by atoms with van der Waals surface area (Å²) in [5, 5.41) is 11.8. The van der Waals surface area contributed by atoms with Crippen molar-refractivity contribution in [3.63, 3.8) is 0 Å². The van der Waals surface area contributed by atoms with Gasteiger partial charge >= 0.3 is 5.97 Å². The van der Waals surface area contributed by atoms with Crippen LogP contribution in [0.25, 0.3) is 0 Å². The zero-order chi connectivity index (χ0) is 13.1. The van der Waals surface area contributed by atoms with E-state index in [4.69, 9.17) is 5.11 Å². The molecule has 1 heterocycles. The van der Waals surface area contributed by atoms with Gasteiger partial charge in [0.1, 0.15) is 0 Å². The van der Waals surface area contributed by atoms with E-state index in [1.165, 1.54) is 0 Å². The molecule has 6 heteroatoms. The Morgan fingerprint density at radius 2 is 2.12 bits per heavy atom. The van der Waals surface area contributed by atoms with E-state index in [-0.39, 0.29) is 30.5 Å². The standard InChI is InChI=1S/C11H20N2O3S/c1-11(2,3)13(5-4-9(14)15)10(16)8-6-17-7-12-8/h8,12H,4-7H2,1-3H3,(H,14,15). The molecule has 5 nitrogen and oxygen atoms in total. The van der Waals surface area contributed by atoms with Crippen molar-refractivity contribution in [2.24, 2.45) is 0 Å². The van der Waals surface area contributed by atoms with Gasteiger partial charge in [-0.25, -0.2) is 0 Å². The topological polar surface area (TPSA) is 69.6 Å². The van der Waals surface area contributed by atoms with Gasteiger partial charge in [-0.2, -0.15) is 0 Å². The molecule has 1 amide bonds. The molecule has 0 aromatic heterocycles. The van der Waals surface area contributed by atoms with Crippen LogP contribution >= 0.6 is 11.8 Å². The summed E-state index contributed by atoms with van der Waals surface area (Å²) in [4.78, 5) is 24.5. The Hall–Kier alpha value is -0.750. The highest BCUT2D eigenvalue weighted by atomic mass is 32.2. The predicted molar refractivity (Wildman–Crippen MR) is 68.0 cm³/mol. The zero-order valence-electron chi connectivity index (χ0n) is 10.5. The second kappa shape index (κ2) is 5.73. The maximum atomic E-state index is 12.3. The lowest BCUT2D eigenvalue weighted by Gasteiger charge is -2.37. The van der Waals surface area contributed by atoms with Crippen molar-refractivity contribution in [1.29, 1.82) is 0 Å². The summed E-state index contributed by atoms with van der Waals surface area (Å²) >= 11 is 1.69. The molecule has 1 atom stereocenters. The quantitative estimate of drug-likeness (QED) is 0.780. The van der Waals surface area contributed by atoms with Crippen molar-refractivity contribution in [1.82, 2.24) is 10.2 Å². The molecule has 1 fully saturated rings. The number of aliphatic carboxylic acids is 1. The molecule has 1 aliphatic rings. The number of carbonyl (C=O) groups is 2. The third-order valence-corrected chi connectivity index (χ3v) is 3.58. The minimum absolute atomic E-state index is 0.00347. The molecule has 0 radical (unpaired) electrons. The average Bonchev–Trinajstić information content (AvgIpc) is 2.67. The molecule has 1 unspecified atom stereocenters. The number of thioether (sulfide) groups is 1. The Bertz CT molecular complexity index is 296. The molecule has 0 bridgehead atoms. The number of hydrogen-bond donors (Lipinski definition) is 2. The largest absolute Gasteiger partial charge is 0.481 e. The number of rotatable bonds is 4. The second-order valence-corrected chi connectivity index (χ2v) is 6.11. The molecule has 0 spiro atoms. The first-order chi connectivity index (χ1) is 7.82. The molecule has 1 aliphatic heterocycles. The number of nitrogens with one attached hydrogen (secondary N) is 1. The first kappa shape index (κ1) is 14.3. The van der Waals surface area contributed by atoms with E-state index >= 15 is 0 Å². The van der Waals surface area contributed by atoms with Crippen molar-refractivity contribution in [2.45, 2.75) is 38.8 Å². The van der Waals surface area contributed by atoms with E-state index in [9.17, 15) is 9.59 Å². The van der Waals surface area contributed by atoms with Crippen molar-refractivity contribution in [3.8, 4) is 0 Å². The molecule has 17 heavy (non-hydrogen) atoms. The summed E-state index contributed by atoms with van der Waals surface area (Å²) in [6.07, 6.45) is -0.0110. The van der Waals surface area contributed by atoms with Crippen molar-refractivity contribution < 1.29 is 14.7 Å². The molecular weight excluding hydrogens is 240 g/mol. The van der Waals surface area contributed by atoms with Crippen LogP contribution < -0.4 is 5.32 Å². The number of carboxylic acid groups (broad SMARTS) is 1. The Balaban J connectivity index is 2.68. The van der Waals surface area contributed by atoms with Gasteiger partial charge in [-0.15, -0.1) is 11.8 Å². The van der Waals surface area contributed by atoms with Gasteiger partial charge in [-0.1, -0.05) is 0 Å². The van der Waals surface area contributed by atoms with Gasteiger partial charge in [-0.05, 0) is 20.8 Å². The molecule has 1 saturated heterocycles. The fraction of sp³-hybridized carbons (Fsp3) is 0.818. The Kier molecular flexibility index (Phi) is 4.82. The van der Waals surface area contributed by atoms with Gasteiger partial charge in [0, 0.05) is 23.7 Å². The summed E-state index contributed by atoms with van der Waals surface area (Å²) in [5.41, 5.74) is -0.346. The Morgan fingerprint density at radius 3 is 2.53 bits per heavy atom. The molecule has 1 rings (SSSR count). The lowest BCUT2D eigenvalue weighted by atomic mass is 10.0. The van der Waals surface area contributed by atoms with Crippen molar-refractivity contribution in [3.05, 3.63) is 0 Å². The normalized spacial score (nSPS) is 20.3. The third kappa shape index (κ3) is 4.20. The highest BCUT2D eigenvalue weighted by Gasteiger charge is 2.33. The molecular formula is C11H20N2O3S. The van der Waals surface area contributed by atoms with E-state index in [1.54, 1.807) is 16.7 Å². The highest BCUT2D eigenvalue weighted by molar-refractivity contribution is 7.99. The fourth-order valence-electron chi connectivity index (χ4n) is 1.73. The molecule has 0 aliphatic carbocycles. The lowest BCUT2D eigenvalue weighted by molar-refractivity contribution is -0.141. The summed E-state index contributed by atoms with van der Waals surface area (Å²) < 4.78 is 0. The summed E-state index contributed by atoms with van der Waals surface area (Å²) in [7, 11) is 0. The number of carboxylic acids is 1. The van der Waals surface area contributed by atoms with Crippen LogP contribution in [0.5, 0.6) is 0 Å². The van der Waals surface area contributed by atoms with Crippen LogP contribution in [0.4, 0.5) is 0 Å². The number of hydrogen-bond acceptors (Lipinski definition) is 4. The van der Waals surface area contributed by atoms with Gasteiger partial charge in [0.25, 0.3) is 0 Å². The average molecular weight is 260 g/mol. The van der Waals surface area contributed by atoms with Crippen LogP contribution in [-0.2, 0) is 9.59 Å². The van der Waals surface area contributed by atoms with Gasteiger partial charge in [0.05, 0.1) is 12.5 Å². The molecule has 0 aromatic carbocycles. The molecule has 0 saturated carbocycles. The van der Waals surface area contributed by atoms with Gasteiger partial charge < -0.3 is 10.0 Å². The van der Waals surface area contributed by atoms with E-state index in [2.05, 4.69) is 5.32 Å². The van der Waals surface area contributed by atoms with E-state index in [0.717, 1.165) is 11.6 Å². The Morgan fingerprint density at radius 1 is 1.47 bits per heavy atom. The van der Waals surface area contributed by atoms with E-state index in [0.29, 0.717) is 0 Å². The van der Waals surface area contributed by atoms with Gasteiger partial charge in [0.15, 0.2) is 0 Å². The van der Waals surface area contributed by atoms with Crippen LogP contribution in [0.1, 0.15) is 27.2 Å². The maximum Gasteiger partial charge on any atom is 0.305 e. The predicted octanol–water partition coefficient (Wildman–Crippen LogP) is 0.751. The first-order valence-corrected chi connectivity index (χ1v) is 6.82. The van der Waals surface area contributed by atoms with Gasteiger partial charge in [-0.3, -0.25) is 14.9 Å². The summed E-state index contributed by atoms with van der Waals surface area (Å²) in [6, 6.07) is -0.173. The summed E-state index contributed by atoms with van der Waals surface area (Å²) in [5.74, 6) is 0.677. The van der Waals surface area contributed by atoms with Crippen LogP contribution in [0, 0.1) is 0 Å². The summed E-state index contributed by atoms with van der Waals surface area (Å²) in [6.45, 7) is 6.04. The van der Waals surface area contributed by atoms with Crippen LogP contribution in [-0.4, -0.2) is 51.6 Å². The zero-order valence-corrected chi connectivity index (χ0v) is 11.3. The minimum Gasteiger partial charge on any atom is -0.481 e. The van der Waals surface area contributed by atoms with Crippen molar-refractivity contribution >= 4 is 23.6 Å². The van der Waals surface area contributed by atoms with Crippen LogP contribution in [0.3, 0.4) is 0 Å². The van der Waals surface area contributed by atoms with Crippen LogP contribution in [0.15, 0.2) is 0 Å². The lowest BCUT2D eigenvalue weighted by Crippen LogP contribution is -2.53. The SMILES string of the molecule is CC(C)(C)N(CCC(=O)O)C(=O)C1CSCN1. The van der Waals surface area contributed by atoms with E-state index in [1.807, 2.05) is 20.8 Å². The smallest absolute Gasteiger partial charge is 0.305 e. The molecule has 0 aromatic rings. The Labute approximate surface area is 106 Å². The molecule has 98 valence electrons. The van der Waals surface area contributed by atoms with E-state index < -0.39 is 5.97 Å². The fourth-order valence-corrected chi connectivity index (χ4v) is 2.66. The first-order valence-electron chi connectivity index (χ1n) is 5.67. The number of amides is 1.